The van der Waals surface area contributed by atoms with Gasteiger partial charge in [0.1, 0.15) is 0 Å². The van der Waals surface area contributed by atoms with Crippen LogP contribution in [0.4, 0.5) is 0 Å². The van der Waals surface area contributed by atoms with Crippen LogP contribution in [0.25, 0.3) is 0 Å². The molecule has 0 spiro atoms. The standard InChI is InChI=1S/C14H27N3O/c1-4-16-9-10-17(11-12(16)2)14(18)13-5-7-15(3)8-6-13/h12-13H,4-11H2,1-3H3/t12-/m1/s1. The van der Waals surface area contributed by atoms with Gasteiger partial charge in [-0.1, -0.05) is 6.92 Å². The number of hydrogen-bond donors (Lipinski definition) is 0. The van der Waals surface area contributed by atoms with Crippen molar-refractivity contribution < 1.29 is 4.79 Å². The van der Waals surface area contributed by atoms with E-state index >= 15 is 0 Å². The predicted octanol–water partition coefficient (Wildman–Crippen LogP) is 0.881. The number of amides is 1. The van der Waals surface area contributed by atoms with Crippen LogP contribution in [0.5, 0.6) is 0 Å². The zero-order chi connectivity index (χ0) is 13.1. The lowest BCUT2D eigenvalue weighted by atomic mass is 9.95. The smallest absolute Gasteiger partial charge is 0.225 e. The highest BCUT2D eigenvalue weighted by Crippen LogP contribution is 2.20. The van der Waals surface area contributed by atoms with Crippen molar-refractivity contribution in [3.63, 3.8) is 0 Å². The van der Waals surface area contributed by atoms with E-state index in [0.717, 1.165) is 52.1 Å². The summed E-state index contributed by atoms with van der Waals surface area (Å²) in [5, 5.41) is 0. The van der Waals surface area contributed by atoms with Crippen molar-refractivity contribution in [2.45, 2.75) is 32.7 Å². The van der Waals surface area contributed by atoms with Crippen LogP contribution in [0.2, 0.25) is 0 Å². The van der Waals surface area contributed by atoms with E-state index in [0.29, 0.717) is 11.9 Å². The van der Waals surface area contributed by atoms with Crippen molar-refractivity contribution in [2.75, 3.05) is 46.3 Å². The predicted molar refractivity (Wildman–Crippen MR) is 73.5 cm³/mol. The van der Waals surface area contributed by atoms with Crippen molar-refractivity contribution in [3.05, 3.63) is 0 Å². The Kier molecular flexibility index (Phi) is 4.62. The molecule has 2 rings (SSSR count). The average Bonchev–Trinajstić information content (AvgIpc) is 2.38. The molecule has 0 N–H and O–H groups in total. The fourth-order valence-electron chi connectivity index (χ4n) is 3.18. The quantitative estimate of drug-likeness (QED) is 0.731. The fraction of sp³-hybridized carbons (Fsp3) is 0.929. The molecule has 4 nitrogen and oxygen atoms in total. The molecular formula is C14H27N3O. The topological polar surface area (TPSA) is 26.8 Å². The lowest BCUT2D eigenvalue weighted by Crippen LogP contribution is -2.55. The molecule has 0 aromatic heterocycles. The molecule has 0 aromatic carbocycles. The second kappa shape index (κ2) is 6.02. The number of rotatable bonds is 2. The first-order valence-corrected chi connectivity index (χ1v) is 7.33. The number of likely N-dealkylation sites (tertiary alicyclic amines) is 1. The Hall–Kier alpha value is -0.610. The van der Waals surface area contributed by atoms with E-state index in [2.05, 4.69) is 35.6 Å². The van der Waals surface area contributed by atoms with Gasteiger partial charge in [-0.3, -0.25) is 9.69 Å². The first-order valence-electron chi connectivity index (χ1n) is 7.33. The summed E-state index contributed by atoms with van der Waals surface area (Å²) in [5.41, 5.74) is 0. The largest absolute Gasteiger partial charge is 0.340 e. The number of hydrogen-bond acceptors (Lipinski definition) is 3. The third-order valence-electron chi connectivity index (χ3n) is 4.55. The Bertz CT molecular complexity index is 287. The van der Waals surface area contributed by atoms with E-state index in [1.54, 1.807) is 0 Å². The Morgan fingerprint density at radius 1 is 1.17 bits per heavy atom. The molecule has 0 radical (unpaired) electrons. The molecule has 0 bridgehead atoms. The summed E-state index contributed by atoms with van der Waals surface area (Å²) in [4.78, 5) is 19.4. The van der Waals surface area contributed by atoms with Gasteiger partial charge in [0.25, 0.3) is 0 Å². The Morgan fingerprint density at radius 3 is 2.39 bits per heavy atom. The number of nitrogens with zero attached hydrogens (tertiary/aromatic N) is 3. The summed E-state index contributed by atoms with van der Waals surface area (Å²) < 4.78 is 0. The van der Waals surface area contributed by atoms with Crippen molar-refractivity contribution in [3.8, 4) is 0 Å². The number of likely N-dealkylation sites (N-methyl/N-ethyl adjacent to an activating group) is 1. The molecule has 2 aliphatic rings. The maximum atomic E-state index is 12.5. The Labute approximate surface area is 111 Å². The highest BCUT2D eigenvalue weighted by Gasteiger charge is 2.31. The van der Waals surface area contributed by atoms with E-state index in [4.69, 9.17) is 0 Å². The molecule has 0 aliphatic carbocycles. The number of carbonyl (C=O) groups excluding carboxylic acids is 1. The molecular weight excluding hydrogens is 226 g/mol. The van der Waals surface area contributed by atoms with Crippen LogP contribution in [-0.4, -0.2) is 73.0 Å². The minimum atomic E-state index is 0.279. The van der Waals surface area contributed by atoms with Crippen LogP contribution in [0, 0.1) is 5.92 Å². The van der Waals surface area contributed by atoms with Crippen LogP contribution in [0.1, 0.15) is 26.7 Å². The second-order valence-electron chi connectivity index (χ2n) is 5.84. The van der Waals surface area contributed by atoms with Crippen molar-refractivity contribution in [1.29, 1.82) is 0 Å². The van der Waals surface area contributed by atoms with Crippen LogP contribution in [0.3, 0.4) is 0 Å². The van der Waals surface area contributed by atoms with Gasteiger partial charge in [0.05, 0.1) is 0 Å². The minimum absolute atomic E-state index is 0.279. The molecule has 2 saturated heterocycles. The fourth-order valence-corrected chi connectivity index (χ4v) is 3.18. The van der Waals surface area contributed by atoms with Gasteiger partial charge >= 0.3 is 0 Å². The van der Waals surface area contributed by atoms with Crippen molar-refractivity contribution in [1.82, 2.24) is 14.7 Å². The van der Waals surface area contributed by atoms with E-state index in [9.17, 15) is 4.79 Å². The first-order chi connectivity index (χ1) is 8.61. The van der Waals surface area contributed by atoms with E-state index < -0.39 is 0 Å². The summed E-state index contributed by atoms with van der Waals surface area (Å²) in [6.45, 7) is 10.5. The lowest BCUT2D eigenvalue weighted by molar-refractivity contribution is -0.139. The van der Waals surface area contributed by atoms with Gasteiger partial charge in [-0.05, 0) is 46.4 Å². The molecule has 0 unspecified atom stereocenters. The highest BCUT2D eigenvalue weighted by molar-refractivity contribution is 5.79. The normalized spacial score (nSPS) is 28.6. The van der Waals surface area contributed by atoms with Crippen LogP contribution >= 0.6 is 0 Å². The average molecular weight is 253 g/mol. The Balaban J connectivity index is 1.86. The molecule has 2 heterocycles. The molecule has 0 aromatic rings. The van der Waals surface area contributed by atoms with Gasteiger partial charge in [-0.2, -0.15) is 0 Å². The number of piperidine rings is 1. The Morgan fingerprint density at radius 2 is 1.83 bits per heavy atom. The summed E-state index contributed by atoms with van der Waals surface area (Å²) in [6, 6.07) is 0.513. The highest BCUT2D eigenvalue weighted by atomic mass is 16.2. The van der Waals surface area contributed by atoms with Gasteiger partial charge in [-0.15, -0.1) is 0 Å². The van der Waals surface area contributed by atoms with E-state index in [1.165, 1.54) is 0 Å². The lowest BCUT2D eigenvalue weighted by Gasteiger charge is -2.41. The molecule has 18 heavy (non-hydrogen) atoms. The third-order valence-corrected chi connectivity index (χ3v) is 4.55. The van der Waals surface area contributed by atoms with Gasteiger partial charge in [-0.25, -0.2) is 0 Å². The maximum absolute atomic E-state index is 12.5. The van der Waals surface area contributed by atoms with Gasteiger partial charge in [0.15, 0.2) is 0 Å². The molecule has 2 fully saturated rings. The zero-order valence-electron chi connectivity index (χ0n) is 12.1. The summed E-state index contributed by atoms with van der Waals surface area (Å²) in [5.74, 6) is 0.687. The first kappa shape index (κ1) is 13.8. The third kappa shape index (κ3) is 3.04. The summed E-state index contributed by atoms with van der Waals surface area (Å²) in [6.07, 6.45) is 2.08. The summed E-state index contributed by atoms with van der Waals surface area (Å²) in [7, 11) is 2.14. The van der Waals surface area contributed by atoms with Gasteiger partial charge in [0.2, 0.25) is 5.91 Å². The number of carbonyl (C=O) groups is 1. The van der Waals surface area contributed by atoms with Crippen molar-refractivity contribution in [2.24, 2.45) is 5.92 Å². The molecule has 4 heteroatoms. The molecule has 2 aliphatic heterocycles. The van der Waals surface area contributed by atoms with Crippen LogP contribution in [-0.2, 0) is 4.79 Å². The van der Waals surface area contributed by atoms with E-state index in [-0.39, 0.29) is 5.92 Å². The maximum Gasteiger partial charge on any atom is 0.225 e. The second-order valence-corrected chi connectivity index (χ2v) is 5.84. The SMILES string of the molecule is CCN1CCN(C(=O)C2CCN(C)CC2)C[C@H]1C. The van der Waals surface area contributed by atoms with E-state index in [1.807, 2.05) is 0 Å². The summed E-state index contributed by atoms with van der Waals surface area (Å²) >= 11 is 0. The zero-order valence-corrected chi connectivity index (χ0v) is 12.1. The molecule has 104 valence electrons. The van der Waals surface area contributed by atoms with Crippen LogP contribution < -0.4 is 0 Å². The van der Waals surface area contributed by atoms with Gasteiger partial charge in [0, 0.05) is 31.6 Å². The molecule has 0 saturated carbocycles. The van der Waals surface area contributed by atoms with Gasteiger partial charge < -0.3 is 9.80 Å². The van der Waals surface area contributed by atoms with Crippen LogP contribution in [0.15, 0.2) is 0 Å². The molecule has 1 amide bonds. The molecule has 1 atom stereocenters. The number of piperazine rings is 1. The van der Waals surface area contributed by atoms with Crippen molar-refractivity contribution >= 4 is 5.91 Å². The monoisotopic (exact) mass is 253 g/mol. The minimum Gasteiger partial charge on any atom is -0.340 e.